The van der Waals surface area contributed by atoms with Crippen LogP contribution in [-0.4, -0.2) is 41.8 Å². The van der Waals surface area contributed by atoms with E-state index in [0.717, 1.165) is 43.2 Å². The molecule has 0 bridgehead atoms. The van der Waals surface area contributed by atoms with Crippen molar-refractivity contribution in [3.63, 3.8) is 0 Å². The molecule has 0 amide bonds. The van der Waals surface area contributed by atoms with Crippen LogP contribution in [0, 0.1) is 0 Å². The van der Waals surface area contributed by atoms with Crippen LogP contribution in [0.1, 0.15) is 19.8 Å². The number of piperidine rings is 1. The number of ether oxygens (including phenoxy) is 1. The van der Waals surface area contributed by atoms with Gasteiger partial charge in [-0.05, 0) is 44.0 Å². The second-order valence-corrected chi connectivity index (χ2v) is 5.58. The molecule has 0 radical (unpaired) electrons. The maximum atomic E-state index is 9.85. The van der Waals surface area contributed by atoms with Crippen LogP contribution in [0.3, 0.4) is 0 Å². The third-order valence-electron chi connectivity index (χ3n) is 3.42. The van der Waals surface area contributed by atoms with Crippen molar-refractivity contribution in [3.8, 4) is 5.75 Å². The number of benzene rings is 1. The summed E-state index contributed by atoms with van der Waals surface area (Å²) >= 11 is 5.81. The average Bonchev–Trinajstić information content (AvgIpc) is 2.34. The Morgan fingerprint density at radius 1 is 1.28 bits per heavy atom. The maximum absolute atomic E-state index is 9.85. The zero-order valence-electron chi connectivity index (χ0n) is 10.7. The summed E-state index contributed by atoms with van der Waals surface area (Å²) < 4.78 is 5.65. The third kappa shape index (κ3) is 4.16. The summed E-state index contributed by atoms with van der Waals surface area (Å²) in [6.45, 7) is 5.37. The van der Waals surface area contributed by atoms with Crippen LogP contribution in [0.2, 0.25) is 5.02 Å². The first kappa shape index (κ1) is 13.7. The molecular formula is C14H20ClNO2. The molecule has 1 aliphatic heterocycles. The molecule has 1 aliphatic rings. The van der Waals surface area contributed by atoms with Crippen LogP contribution in [0.25, 0.3) is 0 Å². The lowest BCUT2D eigenvalue weighted by Gasteiger charge is -2.35. The van der Waals surface area contributed by atoms with Crippen molar-refractivity contribution in [3.05, 3.63) is 29.3 Å². The Morgan fingerprint density at radius 2 is 1.89 bits per heavy atom. The Bertz CT molecular complexity index is 368. The number of hydrogen-bond donors (Lipinski definition) is 1. The topological polar surface area (TPSA) is 32.7 Å². The number of likely N-dealkylation sites (tertiary alicyclic amines) is 1. The number of rotatable bonds is 4. The van der Waals surface area contributed by atoms with Crippen molar-refractivity contribution in [1.29, 1.82) is 0 Å². The fourth-order valence-electron chi connectivity index (χ4n) is 2.08. The first-order valence-corrected chi connectivity index (χ1v) is 6.76. The Kier molecular flexibility index (Phi) is 4.49. The predicted molar refractivity (Wildman–Crippen MR) is 73.2 cm³/mol. The van der Waals surface area contributed by atoms with E-state index in [0.29, 0.717) is 6.61 Å². The van der Waals surface area contributed by atoms with E-state index >= 15 is 0 Å². The van der Waals surface area contributed by atoms with Crippen LogP contribution in [-0.2, 0) is 0 Å². The Labute approximate surface area is 113 Å². The third-order valence-corrected chi connectivity index (χ3v) is 3.68. The van der Waals surface area contributed by atoms with Crippen LogP contribution in [0.15, 0.2) is 24.3 Å². The molecule has 1 N–H and O–H groups in total. The van der Waals surface area contributed by atoms with E-state index in [4.69, 9.17) is 16.3 Å². The minimum atomic E-state index is -0.479. The molecule has 3 nitrogen and oxygen atoms in total. The van der Waals surface area contributed by atoms with Crippen molar-refractivity contribution < 1.29 is 9.84 Å². The van der Waals surface area contributed by atoms with E-state index in [2.05, 4.69) is 4.90 Å². The number of hydrogen-bond acceptors (Lipinski definition) is 3. The lowest BCUT2D eigenvalue weighted by atomic mass is 9.94. The summed E-state index contributed by atoms with van der Waals surface area (Å²) in [6, 6.07) is 7.41. The van der Waals surface area contributed by atoms with Crippen molar-refractivity contribution in [2.45, 2.75) is 25.4 Å². The minimum absolute atomic E-state index is 0.479. The van der Waals surface area contributed by atoms with Gasteiger partial charge in [0.2, 0.25) is 0 Å². The molecule has 1 heterocycles. The summed E-state index contributed by atoms with van der Waals surface area (Å²) in [5.41, 5.74) is -0.479. The quantitative estimate of drug-likeness (QED) is 0.912. The monoisotopic (exact) mass is 269 g/mol. The van der Waals surface area contributed by atoms with Crippen LogP contribution in [0.5, 0.6) is 5.75 Å². The molecule has 0 saturated carbocycles. The first-order valence-electron chi connectivity index (χ1n) is 6.38. The van der Waals surface area contributed by atoms with E-state index in [-0.39, 0.29) is 0 Å². The van der Waals surface area contributed by atoms with E-state index < -0.39 is 5.60 Å². The molecule has 1 aromatic rings. The molecule has 0 spiro atoms. The molecule has 1 fully saturated rings. The van der Waals surface area contributed by atoms with Gasteiger partial charge in [-0.3, -0.25) is 4.90 Å². The van der Waals surface area contributed by atoms with E-state index in [1.54, 1.807) is 0 Å². The van der Waals surface area contributed by atoms with Gasteiger partial charge in [-0.2, -0.15) is 0 Å². The molecule has 1 saturated heterocycles. The Morgan fingerprint density at radius 3 is 2.50 bits per heavy atom. The SMILES string of the molecule is CC1(O)CCN(CCOc2ccc(Cl)cc2)CC1. The smallest absolute Gasteiger partial charge is 0.119 e. The molecular weight excluding hydrogens is 250 g/mol. The summed E-state index contributed by atoms with van der Waals surface area (Å²) in [6.07, 6.45) is 1.68. The van der Waals surface area contributed by atoms with Gasteiger partial charge >= 0.3 is 0 Å². The first-order chi connectivity index (χ1) is 8.55. The molecule has 0 aromatic heterocycles. The molecule has 100 valence electrons. The van der Waals surface area contributed by atoms with Gasteiger partial charge in [-0.1, -0.05) is 11.6 Å². The number of nitrogens with zero attached hydrogens (tertiary/aromatic N) is 1. The standard InChI is InChI=1S/C14H20ClNO2/c1-14(17)6-8-16(9-7-14)10-11-18-13-4-2-12(15)3-5-13/h2-5,17H,6-11H2,1H3. The van der Waals surface area contributed by atoms with E-state index in [9.17, 15) is 5.11 Å². The summed E-state index contributed by atoms with van der Waals surface area (Å²) in [7, 11) is 0. The average molecular weight is 270 g/mol. The van der Waals surface area contributed by atoms with Crippen molar-refractivity contribution in [1.82, 2.24) is 4.90 Å². The Hall–Kier alpha value is -0.770. The Balaban J connectivity index is 1.68. The van der Waals surface area contributed by atoms with E-state index in [1.165, 1.54) is 0 Å². The minimum Gasteiger partial charge on any atom is -0.492 e. The van der Waals surface area contributed by atoms with Gasteiger partial charge in [0.15, 0.2) is 0 Å². The van der Waals surface area contributed by atoms with Crippen LogP contribution in [0.4, 0.5) is 0 Å². The normalized spacial score (nSPS) is 19.7. The molecule has 0 unspecified atom stereocenters. The van der Waals surface area contributed by atoms with Gasteiger partial charge in [0.25, 0.3) is 0 Å². The molecule has 18 heavy (non-hydrogen) atoms. The highest BCUT2D eigenvalue weighted by molar-refractivity contribution is 6.30. The molecule has 4 heteroatoms. The van der Waals surface area contributed by atoms with Crippen LogP contribution >= 0.6 is 11.6 Å². The zero-order valence-corrected chi connectivity index (χ0v) is 11.5. The maximum Gasteiger partial charge on any atom is 0.119 e. The van der Waals surface area contributed by atoms with Crippen molar-refractivity contribution in [2.24, 2.45) is 0 Å². The zero-order chi connectivity index (χ0) is 13.0. The second kappa shape index (κ2) is 5.91. The van der Waals surface area contributed by atoms with Gasteiger partial charge in [-0.15, -0.1) is 0 Å². The molecule has 0 atom stereocenters. The fraction of sp³-hybridized carbons (Fsp3) is 0.571. The largest absolute Gasteiger partial charge is 0.492 e. The van der Waals surface area contributed by atoms with Gasteiger partial charge < -0.3 is 9.84 Å². The lowest BCUT2D eigenvalue weighted by Crippen LogP contribution is -2.43. The highest BCUT2D eigenvalue weighted by Gasteiger charge is 2.26. The fourth-order valence-corrected chi connectivity index (χ4v) is 2.21. The highest BCUT2D eigenvalue weighted by Crippen LogP contribution is 2.21. The van der Waals surface area contributed by atoms with Crippen molar-refractivity contribution in [2.75, 3.05) is 26.2 Å². The summed E-state index contributed by atoms with van der Waals surface area (Å²) in [4.78, 5) is 2.33. The molecule has 2 rings (SSSR count). The number of aliphatic hydroxyl groups is 1. The van der Waals surface area contributed by atoms with Crippen LogP contribution < -0.4 is 4.74 Å². The molecule has 0 aliphatic carbocycles. The predicted octanol–water partition coefficient (Wildman–Crippen LogP) is 2.57. The van der Waals surface area contributed by atoms with Gasteiger partial charge in [0, 0.05) is 24.7 Å². The van der Waals surface area contributed by atoms with Gasteiger partial charge in [0.1, 0.15) is 12.4 Å². The number of halogens is 1. The van der Waals surface area contributed by atoms with Crippen molar-refractivity contribution >= 4 is 11.6 Å². The van der Waals surface area contributed by atoms with Gasteiger partial charge in [0.05, 0.1) is 5.60 Å². The second-order valence-electron chi connectivity index (χ2n) is 5.14. The van der Waals surface area contributed by atoms with Gasteiger partial charge in [-0.25, -0.2) is 0 Å². The summed E-state index contributed by atoms with van der Waals surface area (Å²) in [5, 5.41) is 10.6. The molecule has 1 aromatic carbocycles. The highest BCUT2D eigenvalue weighted by atomic mass is 35.5. The lowest BCUT2D eigenvalue weighted by molar-refractivity contribution is -0.00767. The summed E-state index contributed by atoms with van der Waals surface area (Å²) in [5.74, 6) is 0.850. The van der Waals surface area contributed by atoms with E-state index in [1.807, 2.05) is 31.2 Å².